The van der Waals surface area contributed by atoms with Crippen LogP contribution in [0.25, 0.3) is 0 Å². The Bertz CT molecular complexity index is 618. The Morgan fingerprint density at radius 1 is 1.26 bits per heavy atom. The molecule has 0 saturated carbocycles. The second kappa shape index (κ2) is 6.08. The third-order valence-electron chi connectivity index (χ3n) is 2.54. The van der Waals surface area contributed by atoms with Crippen molar-refractivity contribution in [1.29, 1.82) is 0 Å². The lowest BCUT2D eigenvalue weighted by atomic mass is 10.2. The molecule has 19 heavy (non-hydrogen) atoms. The third kappa shape index (κ3) is 3.28. The van der Waals surface area contributed by atoms with Crippen molar-refractivity contribution in [3.63, 3.8) is 0 Å². The van der Waals surface area contributed by atoms with Crippen LogP contribution in [0.5, 0.6) is 0 Å². The Balaban J connectivity index is 2.28. The van der Waals surface area contributed by atoms with Crippen LogP contribution in [-0.4, -0.2) is 12.2 Å². The van der Waals surface area contributed by atoms with Crippen LogP contribution in [0.1, 0.15) is 10.4 Å². The number of halogens is 2. The number of amides is 1. The summed E-state index contributed by atoms with van der Waals surface area (Å²) in [4.78, 5) is 13.0. The van der Waals surface area contributed by atoms with E-state index in [2.05, 4.69) is 5.32 Å². The molecule has 0 radical (unpaired) electrons. The number of carbonyl (C=O) groups excluding carboxylic acids is 1. The van der Waals surface area contributed by atoms with E-state index in [0.717, 1.165) is 4.90 Å². The van der Waals surface area contributed by atoms with Crippen molar-refractivity contribution in [3.05, 3.63) is 58.9 Å². The fourth-order valence-electron chi connectivity index (χ4n) is 1.56. The van der Waals surface area contributed by atoms with Gasteiger partial charge in [-0.2, -0.15) is 0 Å². The third-order valence-corrected chi connectivity index (χ3v) is 3.60. The number of rotatable bonds is 3. The fourth-order valence-corrected chi connectivity index (χ4v) is 2.20. The molecule has 98 valence electrons. The molecule has 0 aliphatic carbocycles. The van der Waals surface area contributed by atoms with E-state index in [4.69, 9.17) is 11.6 Å². The molecule has 2 rings (SSSR count). The normalized spacial score (nSPS) is 10.3. The minimum atomic E-state index is -0.479. The lowest BCUT2D eigenvalue weighted by Gasteiger charge is -2.08. The van der Waals surface area contributed by atoms with E-state index < -0.39 is 11.7 Å². The first-order chi connectivity index (χ1) is 9.11. The summed E-state index contributed by atoms with van der Waals surface area (Å²) in [6.07, 6.45) is 1.90. The number of benzene rings is 2. The van der Waals surface area contributed by atoms with Crippen LogP contribution >= 0.6 is 23.4 Å². The predicted octanol–water partition coefficient (Wildman–Crippen LogP) is 4.45. The molecule has 0 aliphatic heterocycles. The minimum Gasteiger partial charge on any atom is -0.319 e. The van der Waals surface area contributed by atoms with E-state index >= 15 is 0 Å². The number of para-hydroxylation sites is 1. The zero-order valence-corrected chi connectivity index (χ0v) is 11.7. The van der Waals surface area contributed by atoms with Gasteiger partial charge in [-0.05, 0) is 36.6 Å². The summed E-state index contributed by atoms with van der Waals surface area (Å²) in [6, 6.07) is 11.2. The lowest BCUT2D eigenvalue weighted by Crippen LogP contribution is -2.13. The Kier molecular flexibility index (Phi) is 4.45. The van der Waals surface area contributed by atoms with Crippen LogP contribution in [0.15, 0.2) is 47.4 Å². The second-order valence-electron chi connectivity index (χ2n) is 3.78. The Hall–Kier alpha value is -1.52. The molecule has 0 aliphatic rings. The average molecular weight is 296 g/mol. The highest BCUT2D eigenvalue weighted by Gasteiger charge is 2.13. The Morgan fingerprint density at radius 2 is 2.00 bits per heavy atom. The maximum absolute atomic E-state index is 13.5. The van der Waals surface area contributed by atoms with Crippen molar-refractivity contribution < 1.29 is 9.18 Å². The lowest BCUT2D eigenvalue weighted by molar-refractivity contribution is 0.102. The van der Waals surface area contributed by atoms with E-state index in [9.17, 15) is 9.18 Å². The zero-order valence-electron chi connectivity index (χ0n) is 10.1. The summed E-state index contributed by atoms with van der Waals surface area (Å²) in [5, 5.41) is 2.85. The molecular weight excluding hydrogens is 285 g/mol. The molecule has 0 atom stereocenters. The highest BCUT2D eigenvalue weighted by molar-refractivity contribution is 7.98. The predicted molar refractivity (Wildman–Crippen MR) is 77.6 cm³/mol. The average Bonchev–Trinajstić information content (AvgIpc) is 2.42. The summed E-state index contributed by atoms with van der Waals surface area (Å²) in [5.74, 6) is -0.904. The number of anilines is 1. The molecular formula is C14H11ClFNOS. The molecule has 0 bridgehead atoms. The van der Waals surface area contributed by atoms with Gasteiger partial charge in [0.15, 0.2) is 0 Å². The minimum absolute atomic E-state index is 0.137. The van der Waals surface area contributed by atoms with Gasteiger partial charge in [0.2, 0.25) is 0 Å². The monoisotopic (exact) mass is 295 g/mol. The van der Waals surface area contributed by atoms with Crippen LogP contribution < -0.4 is 5.32 Å². The van der Waals surface area contributed by atoms with Crippen LogP contribution in [0.3, 0.4) is 0 Å². The van der Waals surface area contributed by atoms with Gasteiger partial charge >= 0.3 is 0 Å². The number of nitrogens with one attached hydrogen (secondary N) is 1. The molecule has 2 aromatic carbocycles. The number of hydrogen-bond donors (Lipinski definition) is 1. The van der Waals surface area contributed by atoms with Gasteiger partial charge in [-0.15, -0.1) is 11.8 Å². The van der Waals surface area contributed by atoms with Crippen LogP contribution in [0, 0.1) is 5.82 Å². The molecule has 0 fully saturated rings. The first-order valence-corrected chi connectivity index (χ1v) is 7.11. The molecule has 0 spiro atoms. The molecule has 1 amide bonds. The summed E-state index contributed by atoms with van der Waals surface area (Å²) >= 11 is 7.50. The summed E-state index contributed by atoms with van der Waals surface area (Å²) in [5.41, 5.74) is 0.467. The smallest absolute Gasteiger partial charge is 0.257 e. The van der Waals surface area contributed by atoms with Crippen LogP contribution in [0.2, 0.25) is 5.02 Å². The topological polar surface area (TPSA) is 29.1 Å². The standard InChI is InChI=1S/C14H11ClFNOS/c1-19-9-6-7-11(15)10(8-9)14(18)17-13-5-3-2-4-12(13)16/h2-8H,1H3,(H,17,18). The summed E-state index contributed by atoms with van der Waals surface area (Å²) < 4.78 is 13.5. The highest BCUT2D eigenvalue weighted by atomic mass is 35.5. The number of thioether (sulfide) groups is 1. The van der Waals surface area contributed by atoms with Crippen molar-refractivity contribution >= 4 is 35.0 Å². The molecule has 2 nitrogen and oxygen atoms in total. The van der Waals surface area contributed by atoms with Crippen LogP contribution in [0.4, 0.5) is 10.1 Å². The van der Waals surface area contributed by atoms with Gasteiger partial charge in [0.25, 0.3) is 5.91 Å². The van der Waals surface area contributed by atoms with E-state index in [1.807, 2.05) is 12.3 Å². The van der Waals surface area contributed by atoms with Gasteiger partial charge in [-0.25, -0.2) is 4.39 Å². The van der Waals surface area contributed by atoms with Gasteiger partial charge < -0.3 is 5.32 Å². The van der Waals surface area contributed by atoms with E-state index in [0.29, 0.717) is 10.6 Å². The number of hydrogen-bond acceptors (Lipinski definition) is 2. The number of carbonyl (C=O) groups is 1. The highest BCUT2D eigenvalue weighted by Crippen LogP contribution is 2.24. The quantitative estimate of drug-likeness (QED) is 0.847. The van der Waals surface area contributed by atoms with Crippen molar-refractivity contribution in [2.24, 2.45) is 0 Å². The second-order valence-corrected chi connectivity index (χ2v) is 5.07. The molecule has 0 heterocycles. The first kappa shape index (κ1) is 13.9. The maximum atomic E-state index is 13.5. The molecule has 5 heteroatoms. The van der Waals surface area contributed by atoms with Crippen molar-refractivity contribution in [1.82, 2.24) is 0 Å². The Labute approximate surface area is 120 Å². The molecule has 1 N–H and O–H groups in total. The first-order valence-electron chi connectivity index (χ1n) is 5.51. The van der Waals surface area contributed by atoms with Gasteiger partial charge in [-0.1, -0.05) is 23.7 Å². The van der Waals surface area contributed by atoms with E-state index in [1.165, 1.54) is 23.9 Å². The molecule has 0 unspecified atom stereocenters. The van der Waals surface area contributed by atoms with Gasteiger partial charge in [0.05, 0.1) is 16.3 Å². The molecule has 2 aromatic rings. The molecule has 0 saturated heterocycles. The Morgan fingerprint density at radius 3 is 2.68 bits per heavy atom. The van der Waals surface area contributed by atoms with Crippen molar-refractivity contribution in [2.75, 3.05) is 11.6 Å². The van der Waals surface area contributed by atoms with Crippen molar-refractivity contribution in [2.45, 2.75) is 4.90 Å². The van der Waals surface area contributed by atoms with E-state index in [-0.39, 0.29) is 5.69 Å². The largest absolute Gasteiger partial charge is 0.319 e. The molecule has 0 aromatic heterocycles. The summed E-state index contributed by atoms with van der Waals surface area (Å²) in [6.45, 7) is 0. The van der Waals surface area contributed by atoms with Gasteiger partial charge in [-0.3, -0.25) is 4.79 Å². The zero-order chi connectivity index (χ0) is 13.8. The summed E-state index contributed by atoms with van der Waals surface area (Å²) in [7, 11) is 0. The SMILES string of the molecule is CSc1ccc(Cl)c(C(=O)Nc2ccccc2F)c1. The fraction of sp³-hybridized carbons (Fsp3) is 0.0714. The van der Waals surface area contributed by atoms with Gasteiger partial charge in [0, 0.05) is 4.90 Å². The van der Waals surface area contributed by atoms with Gasteiger partial charge in [0.1, 0.15) is 5.82 Å². The van der Waals surface area contributed by atoms with Crippen molar-refractivity contribution in [3.8, 4) is 0 Å². The van der Waals surface area contributed by atoms with E-state index in [1.54, 1.807) is 24.3 Å². The van der Waals surface area contributed by atoms with Crippen LogP contribution in [-0.2, 0) is 0 Å². The maximum Gasteiger partial charge on any atom is 0.257 e.